The second-order valence-corrected chi connectivity index (χ2v) is 3.53. The second-order valence-electron chi connectivity index (χ2n) is 0.857. The zero-order chi connectivity index (χ0) is 9.00. The van der Waals surface area contributed by atoms with Gasteiger partial charge in [0.1, 0.15) is 0 Å². The first-order chi connectivity index (χ1) is 4.00. The van der Waals surface area contributed by atoms with Gasteiger partial charge in [0.05, 0.1) is 0 Å². The molecule has 0 aromatic carbocycles. The van der Waals surface area contributed by atoms with Crippen LogP contribution in [-0.2, 0) is 37.5 Å². The molecule has 11 heteroatoms. The molecule has 0 aromatic heterocycles. The summed E-state index contributed by atoms with van der Waals surface area (Å²) in [5.74, 6) is 0. The van der Waals surface area contributed by atoms with Crippen molar-refractivity contribution in [3.63, 3.8) is 0 Å². The Bertz CT molecular complexity index is 55.1. The monoisotopic (exact) mass is 266 g/mol. The molecule has 0 saturated carbocycles. The molecule has 0 aromatic rings. The summed E-state index contributed by atoms with van der Waals surface area (Å²) in [5.41, 5.74) is 0. The van der Waals surface area contributed by atoms with Crippen LogP contribution in [0.25, 0.3) is 0 Å². The average molecular weight is 266 g/mol. The Balaban J connectivity index is -0.000000107. The third-order valence-electron chi connectivity index (χ3n) is 0. The van der Waals surface area contributed by atoms with E-state index in [0.717, 1.165) is 0 Å². The summed E-state index contributed by atoms with van der Waals surface area (Å²) in [6.45, 7) is 0. The van der Waals surface area contributed by atoms with Crippen LogP contribution in [0.15, 0.2) is 0 Å². The van der Waals surface area contributed by atoms with E-state index in [4.69, 9.17) is 0 Å². The number of hydrogen-bond acceptors (Lipinski definition) is 0. The summed E-state index contributed by atoms with van der Waals surface area (Å²) in [5, 5.41) is 0. The van der Waals surface area contributed by atoms with Crippen LogP contribution in [-0.4, -0.2) is 5.48 Å². The number of rotatable bonds is 0. The molecule has 0 aliphatic rings. The van der Waals surface area contributed by atoms with Gasteiger partial charge in [-0.2, -0.15) is 0 Å². The molecule has 1 nitrogen and oxygen atoms in total. The van der Waals surface area contributed by atoms with Gasteiger partial charge in [0.25, 0.3) is 0 Å². The van der Waals surface area contributed by atoms with E-state index in [2.05, 4.69) is 0 Å². The number of hydrogen-bond donors (Lipinski definition) is 0. The van der Waals surface area contributed by atoms with Crippen LogP contribution in [0.1, 0.15) is 0 Å². The van der Waals surface area contributed by atoms with Crippen LogP contribution in [0, 0.1) is 0 Å². The first-order valence-electron chi connectivity index (χ1n) is 1.51. The molecule has 72 valence electrons. The van der Waals surface area contributed by atoms with Gasteiger partial charge in [-0.1, -0.05) is 0 Å². The van der Waals surface area contributed by atoms with Crippen LogP contribution >= 0.6 is 0 Å². The van der Waals surface area contributed by atoms with Crippen molar-refractivity contribution in [1.29, 1.82) is 0 Å². The molecule has 0 amide bonds. The molecule has 0 saturated heterocycles. The Morgan fingerprint density at radius 3 is 0.455 bits per heavy atom. The van der Waals surface area contributed by atoms with Gasteiger partial charge in [0.15, 0.2) is 0 Å². The fourth-order valence-electron chi connectivity index (χ4n) is 0. The van der Waals surface area contributed by atoms with Gasteiger partial charge in [-0.25, -0.2) is 0 Å². The molecule has 0 heterocycles. The van der Waals surface area contributed by atoms with Gasteiger partial charge >= 0.3 is 62.2 Å². The molecule has 0 radical (unpaired) electrons. The standard InChI is InChI=1S/8FH.H2O.2Ti/h8*1H;1H2;;/q;;;;;;;;;2*+4/p-8. The maximum atomic E-state index is 9.88. The predicted molar refractivity (Wildman–Crippen MR) is 12.5 cm³/mol. The van der Waals surface area contributed by atoms with Gasteiger partial charge in [0.2, 0.25) is 0 Å². The number of halogens is 8. The summed E-state index contributed by atoms with van der Waals surface area (Å²) in [7, 11) is 0. The Morgan fingerprint density at radius 2 is 0.455 bits per heavy atom. The van der Waals surface area contributed by atoms with Gasteiger partial charge < -0.3 is 5.48 Å². The summed E-state index contributed by atoms with van der Waals surface area (Å²) in [4.78, 5) is 0. The summed E-state index contributed by atoms with van der Waals surface area (Å²) >= 11 is -14.0. The van der Waals surface area contributed by atoms with Crippen LogP contribution in [0.4, 0.5) is 24.7 Å². The van der Waals surface area contributed by atoms with E-state index >= 15 is 0 Å². The maximum absolute atomic E-state index is 9.88. The molecule has 0 rings (SSSR count). The second kappa shape index (κ2) is 6.36. The first-order valence-corrected chi connectivity index (χ1v) is 6.23. The quantitative estimate of drug-likeness (QED) is 0.476. The summed E-state index contributed by atoms with van der Waals surface area (Å²) < 4.78 is 79.0. The average Bonchev–Trinajstić information content (AvgIpc) is 1.12. The molecular weight excluding hydrogens is 264 g/mol. The Morgan fingerprint density at radius 1 is 0.455 bits per heavy atom. The van der Waals surface area contributed by atoms with E-state index in [0.29, 0.717) is 0 Å². The van der Waals surface area contributed by atoms with Crippen LogP contribution in [0.5, 0.6) is 0 Å². The molecule has 0 aliphatic heterocycles. The van der Waals surface area contributed by atoms with E-state index in [1.807, 2.05) is 0 Å². The van der Waals surface area contributed by atoms with Crippen LogP contribution in [0.2, 0.25) is 0 Å². The fourth-order valence-corrected chi connectivity index (χ4v) is 0. The van der Waals surface area contributed by atoms with Crippen molar-refractivity contribution >= 4 is 0 Å². The molecular formula is H2F8OTi2. The topological polar surface area (TPSA) is 31.5 Å². The Hall–Kier alpha value is 0.829. The zero-order valence-corrected chi connectivity index (χ0v) is 7.65. The summed E-state index contributed by atoms with van der Waals surface area (Å²) in [6.07, 6.45) is 0. The van der Waals surface area contributed by atoms with Gasteiger partial charge in [0, 0.05) is 0 Å². The van der Waals surface area contributed by atoms with Gasteiger partial charge in [-0.15, -0.1) is 0 Å². The first kappa shape index (κ1) is 17.8. The van der Waals surface area contributed by atoms with Crippen molar-refractivity contribution in [3.05, 3.63) is 0 Å². The molecule has 0 bridgehead atoms. The van der Waals surface area contributed by atoms with E-state index in [-0.39, 0.29) is 5.48 Å². The van der Waals surface area contributed by atoms with E-state index < -0.39 is 37.5 Å². The third-order valence-corrected chi connectivity index (χ3v) is 0. The van der Waals surface area contributed by atoms with Crippen molar-refractivity contribution in [1.82, 2.24) is 0 Å². The van der Waals surface area contributed by atoms with E-state index in [1.165, 1.54) is 0 Å². The third kappa shape index (κ3) is 1230. The Kier molecular flexibility index (Phi) is 10.3. The van der Waals surface area contributed by atoms with Gasteiger partial charge in [-0.05, 0) is 0 Å². The van der Waals surface area contributed by atoms with Crippen molar-refractivity contribution in [2.45, 2.75) is 0 Å². The predicted octanol–water partition coefficient (Wildman–Crippen LogP) is 2.53. The molecule has 2 N–H and O–H groups in total. The fraction of sp³-hybridized carbons (Fsp3) is 0. The van der Waals surface area contributed by atoms with E-state index in [1.54, 1.807) is 0 Å². The minimum atomic E-state index is -7.00. The SMILES string of the molecule is O.[F][Ti]([F])([F])[F].[F][Ti]([F])([F])[F]. The molecule has 11 heavy (non-hydrogen) atoms. The van der Waals surface area contributed by atoms with Crippen molar-refractivity contribution in [2.24, 2.45) is 0 Å². The minimum absolute atomic E-state index is 0. The van der Waals surface area contributed by atoms with Gasteiger partial charge in [-0.3, -0.25) is 0 Å². The zero-order valence-electron chi connectivity index (χ0n) is 4.52. The molecule has 0 spiro atoms. The van der Waals surface area contributed by atoms with Crippen LogP contribution in [0.3, 0.4) is 0 Å². The van der Waals surface area contributed by atoms with Crippen molar-refractivity contribution < 1.29 is 67.7 Å². The molecule has 0 atom stereocenters. The molecule has 0 fully saturated rings. The summed E-state index contributed by atoms with van der Waals surface area (Å²) in [6, 6.07) is 0. The van der Waals surface area contributed by atoms with Crippen molar-refractivity contribution in [3.8, 4) is 0 Å². The Labute approximate surface area is 67.8 Å². The van der Waals surface area contributed by atoms with E-state index in [9.17, 15) is 24.7 Å². The normalized spacial score (nSPS) is 10.9. The van der Waals surface area contributed by atoms with Crippen LogP contribution < -0.4 is 0 Å². The van der Waals surface area contributed by atoms with Crippen molar-refractivity contribution in [2.75, 3.05) is 0 Å². The molecule has 0 aliphatic carbocycles. The molecule has 0 unspecified atom stereocenters.